The molecule has 0 aliphatic rings. The molecule has 0 bridgehead atoms. The van der Waals surface area contributed by atoms with Crippen molar-refractivity contribution in [1.29, 1.82) is 0 Å². The fraction of sp³-hybridized carbons (Fsp3) is 0.333. The Labute approximate surface area is 117 Å². The molecule has 0 saturated heterocycles. The summed E-state index contributed by atoms with van der Waals surface area (Å²) in [6, 6.07) is 8.95. The maximum atomic E-state index is 11.1. The smallest absolute Gasteiger partial charge is 0.354 e. The number of carbonyl (C=O) groups is 1. The number of ether oxygens (including phenoxy) is 2. The SMILES string of the molecule is CCCOCCOc1nc(C(=O)O)cc2ccccc12. The van der Waals surface area contributed by atoms with Gasteiger partial charge in [0, 0.05) is 12.0 Å². The summed E-state index contributed by atoms with van der Waals surface area (Å²) in [4.78, 5) is 15.1. The highest BCUT2D eigenvalue weighted by atomic mass is 16.5. The number of hydrogen-bond acceptors (Lipinski definition) is 4. The number of nitrogens with zero attached hydrogens (tertiary/aromatic N) is 1. The lowest BCUT2D eigenvalue weighted by atomic mass is 10.1. The summed E-state index contributed by atoms with van der Waals surface area (Å²) in [5.74, 6) is -0.733. The van der Waals surface area contributed by atoms with Gasteiger partial charge in [-0.3, -0.25) is 0 Å². The lowest BCUT2D eigenvalue weighted by Crippen LogP contribution is -2.10. The molecule has 106 valence electrons. The van der Waals surface area contributed by atoms with Crippen LogP contribution in [0.4, 0.5) is 0 Å². The summed E-state index contributed by atoms with van der Waals surface area (Å²) in [6.45, 7) is 3.53. The van der Waals surface area contributed by atoms with Crippen molar-refractivity contribution < 1.29 is 19.4 Å². The first-order valence-corrected chi connectivity index (χ1v) is 6.56. The lowest BCUT2D eigenvalue weighted by Gasteiger charge is -2.09. The van der Waals surface area contributed by atoms with E-state index in [1.165, 1.54) is 6.07 Å². The van der Waals surface area contributed by atoms with Crippen LogP contribution in [0.1, 0.15) is 23.8 Å². The van der Waals surface area contributed by atoms with Crippen LogP contribution in [0.3, 0.4) is 0 Å². The van der Waals surface area contributed by atoms with Crippen LogP contribution in [0.5, 0.6) is 5.88 Å². The van der Waals surface area contributed by atoms with Crippen molar-refractivity contribution in [3.05, 3.63) is 36.0 Å². The molecule has 5 heteroatoms. The Morgan fingerprint density at radius 1 is 1.25 bits per heavy atom. The molecule has 0 amide bonds. The van der Waals surface area contributed by atoms with E-state index in [4.69, 9.17) is 14.6 Å². The minimum atomic E-state index is -1.07. The Bertz CT molecular complexity index is 597. The summed E-state index contributed by atoms with van der Waals surface area (Å²) in [5, 5.41) is 10.7. The van der Waals surface area contributed by atoms with Gasteiger partial charge in [0.05, 0.1) is 6.61 Å². The second-order valence-electron chi connectivity index (χ2n) is 4.30. The van der Waals surface area contributed by atoms with Gasteiger partial charge in [-0.25, -0.2) is 9.78 Å². The van der Waals surface area contributed by atoms with E-state index in [1.807, 2.05) is 31.2 Å². The van der Waals surface area contributed by atoms with Gasteiger partial charge in [0.2, 0.25) is 5.88 Å². The zero-order chi connectivity index (χ0) is 14.4. The normalized spacial score (nSPS) is 10.7. The summed E-state index contributed by atoms with van der Waals surface area (Å²) >= 11 is 0. The topological polar surface area (TPSA) is 68.7 Å². The Hall–Kier alpha value is -2.14. The maximum Gasteiger partial charge on any atom is 0.354 e. The second-order valence-corrected chi connectivity index (χ2v) is 4.30. The van der Waals surface area contributed by atoms with Crippen LogP contribution in [-0.2, 0) is 4.74 Å². The van der Waals surface area contributed by atoms with E-state index in [0.717, 1.165) is 17.2 Å². The van der Waals surface area contributed by atoms with Gasteiger partial charge < -0.3 is 14.6 Å². The van der Waals surface area contributed by atoms with Crippen molar-refractivity contribution in [2.75, 3.05) is 19.8 Å². The molecule has 20 heavy (non-hydrogen) atoms. The second kappa shape index (κ2) is 6.86. The number of rotatable bonds is 7. The molecule has 0 spiro atoms. The maximum absolute atomic E-state index is 11.1. The van der Waals surface area contributed by atoms with E-state index in [2.05, 4.69) is 4.98 Å². The minimum Gasteiger partial charge on any atom is -0.477 e. The molecular formula is C15H17NO4. The van der Waals surface area contributed by atoms with E-state index in [9.17, 15) is 4.79 Å². The number of aromatic nitrogens is 1. The molecule has 0 unspecified atom stereocenters. The molecule has 0 fully saturated rings. The Morgan fingerprint density at radius 2 is 2.05 bits per heavy atom. The summed E-state index contributed by atoms with van der Waals surface area (Å²) in [5.41, 5.74) is -0.0202. The van der Waals surface area contributed by atoms with Crippen molar-refractivity contribution in [3.8, 4) is 5.88 Å². The number of carboxylic acid groups (broad SMARTS) is 1. The van der Waals surface area contributed by atoms with Crippen LogP contribution in [0.2, 0.25) is 0 Å². The van der Waals surface area contributed by atoms with Crippen LogP contribution < -0.4 is 4.74 Å². The molecule has 1 N–H and O–H groups in total. The van der Waals surface area contributed by atoms with Gasteiger partial charge >= 0.3 is 5.97 Å². The van der Waals surface area contributed by atoms with Crippen molar-refractivity contribution >= 4 is 16.7 Å². The Morgan fingerprint density at radius 3 is 2.80 bits per heavy atom. The summed E-state index contributed by atoms with van der Waals surface area (Å²) < 4.78 is 10.9. The number of pyridine rings is 1. The standard InChI is InChI=1S/C15H17NO4/c1-2-7-19-8-9-20-14-12-6-4-3-5-11(12)10-13(16-14)15(17)18/h3-6,10H,2,7-9H2,1H3,(H,17,18). The van der Waals surface area contributed by atoms with E-state index in [-0.39, 0.29) is 5.69 Å². The molecule has 2 rings (SSSR count). The highest BCUT2D eigenvalue weighted by Crippen LogP contribution is 2.24. The highest BCUT2D eigenvalue weighted by Gasteiger charge is 2.11. The third-order valence-electron chi connectivity index (χ3n) is 2.74. The molecule has 0 aliphatic heterocycles. The quantitative estimate of drug-likeness (QED) is 0.787. The first-order valence-electron chi connectivity index (χ1n) is 6.56. The van der Waals surface area contributed by atoms with Crippen LogP contribution >= 0.6 is 0 Å². The Balaban J connectivity index is 2.19. The average molecular weight is 275 g/mol. The predicted molar refractivity (Wildman–Crippen MR) is 75.3 cm³/mol. The Kier molecular flexibility index (Phi) is 4.90. The number of fused-ring (bicyclic) bond motifs is 1. The zero-order valence-corrected chi connectivity index (χ0v) is 11.3. The number of hydrogen-bond donors (Lipinski definition) is 1. The summed E-state index contributed by atoms with van der Waals surface area (Å²) in [6.07, 6.45) is 0.954. The number of aromatic carboxylic acids is 1. The fourth-order valence-corrected chi connectivity index (χ4v) is 1.83. The number of carboxylic acids is 1. The van der Waals surface area contributed by atoms with Crippen LogP contribution in [0.25, 0.3) is 10.8 Å². The number of benzene rings is 1. The van der Waals surface area contributed by atoms with Crippen LogP contribution in [0, 0.1) is 0 Å². The first kappa shape index (κ1) is 14.3. The van der Waals surface area contributed by atoms with Gasteiger partial charge in [-0.05, 0) is 23.9 Å². The first-order chi connectivity index (χ1) is 9.72. The van der Waals surface area contributed by atoms with Gasteiger partial charge in [0.1, 0.15) is 6.61 Å². The van der Waals surface area contributed by atoms with Crippen LogP contribution in [0.15, 0.2) is 30.3 Å². The van der Waals surface area contributed by atoms with Crippen molar-refractivity contribution in [2.45, 2.75) is 13.3 Å². The molecule has 1 aromatic heterocycles. The molecule has 1 aromatic carbocycles. The highest BCUT2D eigenvalue weighted by molar-refractivity contribution is 5.94. The molecule has 0 radical (unpaired) electrons. The van der Waals surface area contributed by atoms with Gasteiger partial charge in [-0.1, -0.05) is 25.1 Å². The lowest BCUT2D eigenvalue weighted by molar-refractivity contribution is 0.0688. The van der Waals surface area contributed by atoms with Crippen molar-refractivity contribution in [3.63, 3.8) is 0 Å². The van der Waals surface area contributed by atoms with Crippen molar-refractivity contribution in [1.82, 2.24) is 4.98 Å². The van der Waals surface area contributed by atoms with E-state index < -0.39 is 5.97 Å². The van der Waals surface area contributed by atoms with Gasteiger partial charge in [-0.15, -0.1) is 0 Å². The monoisotopic (exact) mass is 275 g/mol. The largest absolute Gasteiger partial charge is 0.477 e. The average Bonchev–Trinajstić information content (AvgIpc) is 2.46. The third kappa shape index (κ3) is 3.45. The molecule has 0 aliphatic carbocycles. The van der Waals surface area contributed by atoms with Crippen molar-refractivity contribution in [2.24, 2.45) is 0 Å². The molecule has 0 atom stereocenters. The van der Waals surface area contributed by atoms with E-state index in [0.29, 0.717) is 25.7 Å². The van der Waals surface area contributed by atoms with E-state index in [1.54, 1.807) is 0 Å². The molecule has 0 saturated carbocycles. The van der Waals surface area contributed by atoms with Gasteiger partial charge in [-0.2, -0.15) is 0 Å². The zero-order valence-electron chi connectivity index (χ0n) is 11.3. The van der Waals surface area contributed by atoms with E-state index >= 15 is 0 Å². The molecule has 2 aromatic rings. The summed E-state index contributed by atoms with van der Waals surface area (Å²) in [7, 11) is 0. The predicted octanol–water partition coefficient (Wildman–Crippen LogP) is 2.74. The minimum absolute atomic E-state index is 0.0202. The van der Waals surface area contributed by atoms with Gasteiger partial charge in [0.15, 0.2) is 5.69 Å². The third-order valence-corrected chi connectivity index (χ3v) is 2.74. The molecule has 1 heterocycles. The molecule has 5 nitrogen and oxygen atoms in total. The van der Waals surface area contributed by atoms with Crippen LogP contribution in [-0.4, -0.2) is 35.9 Å². The fourth-order valence-electron chi connectivity index (χ4n) is 1.83. The van der Waals surface area contributed by atoms with Gasteiger partial charge in [0.25, 0.3) is 0 Å². The molecular weight excluding hydrogens is 258 g/mol.